The van der Waals surface area contributed by atoms with Crippen molar-refractivity contribution in [1.82, 2.24) is 0 Å². The van der Waals surface area contributed by atoms with Crippen LogP contribution in [0.15, 0.2) is 63.8 Å². The van der Waals surface area contributed by atoms with E-state index in [4.69, 9.17) is 4.42 Å². The van der Waals surface area contributed by atoms with Gasteiger partial charge >= 0.3 is 0 Å². The Kier molecular flexibility index (Phi) is 3.51. The summed E-state index contributed by atoms with van der Waals surface area (Å²) in [6.45, 7) is 0.475. The van der Waals surface area contributed by atoms with Gasteiger partial charge in [0, 0.05) is 6.54 Å². The highest BCUT2D eigenvalue weighted by Crippen LogP contribution is 2.19. The Morgan fingerprint density at radius 2 is 1.71 bits per heavy atom. The van der Waals surface area contributed by atoms with Crippen molar-refractivity contribution in [2.75, 3.05) is 5.32 Å². The highest BCUT2D eigenvalue weighted by atomic mass is 16.3. The SMILES string of the molecule is O=Cc1c(NCc2ccccc2)oc2ccccc2c1=O. The molecule has 0 spiro atoms. The predicted molar refractivity (Wildman–Crippen MR) is 81.6 cm³/mol. The number of hydrogen-bond donors (Lipinski definition) is 1. The second kappa shape index (κ2) is 5.63. The largest absolute Gasteiger partial charge is 0.440 e. The van der Waals surface area contributed by atoms with E-state index in [2.05, 4.69) is 5.32 Å². The van der Waals surface area contributed by atoms with Crippen molar-refractivity contribution in [2.24, 2.45) is 0 Å². The van der Waals surface area contributed by atoms with E-state index in [0.717, 1.165) is 5.56 Å². The molecule has 0 bridgehead atoms. The third-order valence-electron chi connectivity index (χ3n) is 3.25. The average Bonchev–Trinajstić information content (AvgIpc) is 2.54. The molecule has 0 amide bonds. The minimum Gasteiger partial charge on any atom is -0.440 e. The summed E-state index contributed by atoms with van der Waals surface area (Å²) in [6.07, 6.45) is 0.533. The lowest BCUT2D eigenvalue weighted by molar-refractivity contribution is 0.112. The molecule has 0 saturated carbocycles. The molecule has 1 heterocycles. The number of anilines is 1. The van der Waals surface area contributed by atoms with Gasteiger partial charge in [-0.15, -0.1) is 0 Å². The summed E-state index contributed by atoms with van der Waals surface area (Å²) in [4.78, 5) is 23.5. The normalized spacial score (nSPS) is 10.5. The molecule has 21 heavy (non-hydrogen) atoms. The smallest absolute Gasteiger partial charge is 0.208 e. The number of carbonyl (C=O) groups is 1. The van der Waals surface area contributed by atoms with Crippen LogP contribution in [0.1, 0.15) is 15.9 Å². The lowest BCUT2D eigenvalue weighted by atomic mass is 10.1. The summed E-state index contributed by atoms with van der Waals surface area (Å²) in [5.41, 5.74) is 1.20. The molecule has 0 aliphatic rings. The lowest BCUT2D eigenvalue weighted by Gasteiger charge is -2.08. The molecule has 0 saturated heterocycles. The van der Waals surface area contributed by atoms with Crippen molar-refractivity contribution < 1.29 is 9.21 Å². The van der Waals surface area contributed by atoms with Gasteiger partial charge in [0.1, 0.15) is 11.1 Å². The average molecular weight is 279 g/mol. The lowest BCUT2D eigenvalue weighted by Crippen LogP contribution is -2.13. The van der Waals surface area contributed by atoms with E-state index in [1.54, 1.807) is 24.3 Å². The minimum absolute atomic E-state index is 0.0182. The molecule has 0 radical (unpaired) electrons. The van der Waals surface area contributed by atoms with Gasteiger partial charge in [-0.3, -0.25) is 9.59 Å². The molecule has 1 N–H and O–H groups in total. The fraction of sp³-hybridized carbons (Fsp3) is 0.0588. The van der Waals surface area contributed by atoms with Crippen LogP contribution in [0.2, 0.25) is 0 Å². The van der Waals surface area contributed by atoms with Crippen molar-refractivity contribution in [3.63, 3.8) is 0 Å². The number of para-hydroxylation sites is 1. The fourth-order valence-corrected chi connectivity index (χ4v) is 2.17. The Labute approximate surface area is 121 Å². The molecule has 2 aromatic carbocycles. The van der Waals surface area contributed by atoms with Crippen LogP contribution in [0.5, 0.6) is 0 Å². The van der Waals surface area contributed by atoms with Crippen LogP contribution in [0, 0.1) is 0 Å². The molecular weight excluding hydrogens is 266 g/mol. The third-order valence-corrected chi connectivity index (χ3v) is 3.25. The number of nitrogens with one attached hydrogen (secondary N) is 1. The first-order valence-electron chi connectivity index (χ1n) is 6.58. The molecule has 3 aromatic rings. The molecule has 4 nitrogen and oxygen atoms in total. The summed E-state index contributed by atoms with van der Waals surface area (Å²) in [6, 6.07) is 16.6. The zero-order valence-corrected chi connectivity index (χ0v) is 11.2. The molecule has 4 heteroatoms. The summed E-state index contributed by atoms with van der Waals surface area (Å²) >= 11 is 0. The molecule has 104 valence electrons. The van der Waals surface area contributed by atoms with Gasteiger partial charge in [-0.05, 0) is 17.7 Å². The van der Waals surface area contributed by atoms with E-state index in [9.17, 15) is 9.59 Å². The van der Waals surface area contributed by atoms with Gasteiger partial charge in [0.2, 0.25) is 11.3 Å². The van der Waals surface area contributed by atoms with Gasteiger partial charge in [0.15, 0.2) is 6.29 Å². The van der Waals surface area contributed by atoms with Crippen molar-refractivity contribution >= 4 is 23.1 Å². The van der Waals surface area contributed by atoms with E-state index in [1.807, 2.05) is 30.3 Å². The zero-order chi connectivity index (χ0) is 14.7. The van der Waals surface area contributed by atoms with Crippen LogP contribution in [0.25, 0.3) is 11.0 Å². The fourth-order valence-electron chi connectivity index (χ4n) is 2.17. The van der Waals surface area contributed by atoms with Crippen LogP contribution >= 0.6 is 0 Å². The number of aldehydes is 1. The Bertz CT molecular complexity index is 838. The first-order chi connectivity index (χ1) is 10.3. The zero-order valence-electron chi connectivity index (χ0n) is 11.2. The topological polar surface area (TPSA) is 59.3 Å². The quantitative estimate of drug-likeness (QED) is 0.745. The molecule has 0 fully saturated rings. The number of carbonyl (C=O) groups excluding carboxylic acids is 1. The highest BCUT2D eigenvalue weighted by Gasteiger charge is 2.13. The van der Waals surface area contributed by atoms with Crippen molar-refractivity contribution in [1.29, 1.82) is 0 Å². The maximum atomic E-state index is 12.3. The van der Waals surface area contributed by atoms with Gasteiger partial charge < -0.3 is 9.73 Å². The number of fused-ring (bicyclic) bond motifs is 1. The minimum atomic E-state index is -0.317. The van der Waals surface area contributed by atoms with Gasteiger partial charge in [0.05, 0.1) is 5.39 Å². The molecule has 0 aliphatic heterocycles. The molecule has 0 aliphatic carbocycles. The van der Waals surface area contributed by atoms with E-state index in [1.165, 1.54) is 0 Å². The second-order valence-electron chi connectivity index (χ2n) is 4.63. The van der Waals surface area contributed by atoms with Crippen LogP contribution in [-0.2, 0) is 6.54 Å². The Morgan fingerprint density at radius 3 is 2.48 bits per heavy atom. The number of benzene rings is 2. The first-order valence-corrected chi connectivity index (χ1v) is 6.58. The van der Waals surface area contributed by atoms with E-state index >= 15 is 0 Å². The number of hydrogen-bond acceptors (Lipinski definition) is 4. The van der Waals surface area contributed by atoms with Gasteiger partial charge in [-0.2, -0.15) is 0 Å². The third kappa shape index (κ3) is 2.56. The molecular formula is C17H13NO3. The van der Waals surface area contributed by atoms with E-state index in [-0.39, 0.29) is 16.9 Å². The molecule has 0 unspecified atom stereocenters. The van der Waals surface area contributed by atoms with Gasteiger partial charge in [-0.1, -0.05) is 42.5 Å². The monoisotopic (exact) mass is 279 g/mol. The molecule has 1 aromatic heterocycles. The predicted octanol–water partition coefficient (Wildman–Crippen LogP) is 3.22. The molecule has 3 rings (SSSR count). The maximum Gasteiger partial charge on any atom is 0.208 e. The summed E-state index contributed by atoms with van der Waals surface area (Å²) in [5, 5.41) is 3.42. The standard InChI is InChI=1S/C17H13NO3/c19-11-14-16(20)13-8-4-5-9-15(13)21-17(14)18-10-12-6-2-1-3-7-12/h1-9,11,18H,10H2. The van der Waals surface area contributed by atoms with Crippen molar-refractivity contribution in [3.05, 3.63) is 75.9 Å². The van der Waals surface area contributed by atoms with E-state index < -0.39 is 0 Å². The van der Waals surface area contributed by atoms with Crippen LogP contribution in [-0.4, -0.2) is 6.29 Å². The van der Waals surface area contributed by atoms with Gasteiger partial charge in [0.25, 0.3) is 0 Å². The first kappa shape index (κ1) is 13.1. The highest BCUT2D eigenvalue weighted by molar-refractivity contribution is 5.89. The summed E-state index contributed by atoms with van der Waals surface area (Å²) in [7, 11) is 0. The van der Waals surface area contributed by atoms with Crippen molar-refractivity contribution in [2.45, 2.75) is 6.54 Å². The van der Waals surface area contributed by atoms with Crippen LogP contribution in [0.4, 0.5) is 5.88 Å². The Hall–Kier alpha value is -2.88. The maximum absolute atomic E-state index is 12.3. The summed E-state index contributed by atoms with van der Waals surface area (Å²) in [5.74, 6) is 0.206. The van der Waals surface area contributed by atoms with Crippen LogP contribution < -0.4 is 10.7 Å². The van der Waals surface area contributed by atoms with E-state index in [0.29, 0.717) is 23.8 Å². The number of rotatable bonds is 4. The van der Waals surface area contributed by atoms with Crippen molar-refractivity contribution in [3.8, 4) is 0 Å². The van der Waals surface area contributed by atoms with Gasteiger partial charge in [-0.25, -0.2) is 0 Å². The molecule has 0 atom stereocenters. The van der Waals surface area contributed by atoms with Crippen LogP contribution in [0.3, 0.4) is 0 Å². The Balaban J connectivity index is 2.01. The second-order valence-corrected chi connectivity index (χ2v) is 4.63. The summed E-state index contributed by atoms with van der Waals surface area (Å²) < 4.78 is 5.64. The Morgan fingerprint density at radius 1 is 1.00 bits per heavy atom.